The molecule has 5 rings (SSSR count). The molecular weight excluding hydrogens is 434 g/mol. The Bertz CT molecular complexity index is 1290. The Labute approximate surface area is 198 Å². The lowest BCUT2D eigenvalue weighted by molar-refractivity contribution is 0.0712. The number of piperidine rings is 1. The van der Waals surface area contributed by atoms with E-state index in [-0.39, 0.29) is 11.8 Å². The number of fused-ring (bicyclic) bond motifs is 1. The zero-order valence-corrected chi connectivity index (χ0v) is 19.5. The van der Waals surface area contributed by atoms with Crippen molar-refractivity contribution in [2.24, 2.45) is 0 Å². The first-order chi connectivity index (χ1) is 16.0. The summed E-state index contributed by atoms with van der Waals surface area (Å²) in [6.07, 6.45) is 7.22. The fourth-order valence-corrected chi connectivity index (χ4v) is 4.77. The molecule has 0 N–H and O–H groups in total. The van der Waals surface area contributed by atoms with Gasteiger partial charge in [0.05, 0.1) is 28.1 Å². The maximum atomic E-state index is 13.0. The van der Waals surface area contributed by atoms with Crippen LogP contribution in [-0.2, 0) is 0 Å². The third-order valence-corrected chi connectivity index (χ3v) is 6.71. The highest BCUT2D eigenvalue weighted by Crippen LogP contribution is 2.34. The van der Waals surface area contributed by atoms with Crippen molar-refractivity contribution in [3.05, 3.63) is 77.5 Å². The molecule has 1 amide bonds. The highest BCUT2D eigenvalue weighted by Gasteiger charge is 2.27. The summed E-state index contributed by atoms with van der Waals surface area (Å²) < 4.78 is 2.19. The Morgan fingerprint density at radius 2 is 1.91 bits per heavy atom. The maximum Gasteiger partial charge on any atom is 0.255 e. The lowest BCUT2D eigenvalue weighted by Crippen LogP contribution is -2.38. The number of nitrogens with zero attached hydrogens (tertiary/aromatic N) is 5. The molecule has 1 fully saturated rings. The summed E-state index contributed by atoms with van der Waals surface area (Å²) in [6, 6.07) is 13.7. The van der Waals surface area contributed by atoms with Crippen LogP contribution in [0.3, 0.4) is 0 Å². The van der Waals surface area contributed by atoms with E-state index in [2.05, 4.69) is 34.4 Å². The topological polar surface area (TPSA) is 63.9 Å². The van der Waals surface area contributed by atoms with Crippen LogP contribution < -0.4 is 0 Å². The van der Waals surface area contributed by atoms with E-state index in [1.807, 2.05) is 41.7 Å². The molecular formula is C26H26ClN5O. The van der Waals surface area contributed by atoms with E-state index in [0.29, 0.717) is 29.7 Å². The first-order valence-corrected chi connectivity index (χ1v) is 11.7. The van der Waals surface area contributed by atoms with Gasteiger partial charge >= 0.3 is 0 Å². The number of hydrogen-bond donors (Lipinski definition) is 0. The Hall–Kier alpha value is -3.25. The minimum absolute atomic E-state index is 0.00334. The summed E-state index contributed by atoms with van der Waals surface area (Å²) in [5, 5.41) is 0.500. The van der Waals surface area contributed by atoms with Crippen LogP contribution in [-0.4, -0.2) is 43.4 Å². The molecule has 3 aromatic heterocycles. The molecule has 4 heterocycles. The van der Waals surface area contributed by atoms with Gasteiger partial charge in [-0.1, -0.05) is 23.7 Å². The van der Waals surface area contributed by atoms with Crippen molar-refractivity contribution in [1.82, 2.24) is 24.4 Å². The Kier molecular flexibility index (Phi) is 5.85. The van der Waals surface area contributed by atoms with Crippen molar-refractivity contribution in [2.45, 2.75) is 38.6 Å². The van der Waals surface area contributed by atoms with Gasteiger partial charge in [-0.05, 0) is 57.0 Å². The molecule has 1 aliphatic rings. The van der Waals surface area contributed by atoms with Gasteiger partial charge in [-0.3, -0.25) is 14.8 Å². The Morgan fingerprint density at radius 1 is 1.12 bits per heavy atom. The van der Waals surface area contributed by atoms with Crippen molar-refractivity contribution in [3.63, 3.8) is 0 Å². The molecule has 4 aromatic rings. The van der Waals surface area contributed by atoms with E-state index in [9.17, 15) is 4.79 Å². The predicted octanol–water partition coefficient (Wildman–Crippen LogP) is 5.75. The van der Waals surface area contributed by atoms with Crippen LogP contribution in [0.4, 0.5) is 0 Å². The van der Waals surface area contributed by atoms with Crippen LogP contribution in [0.1, 0.15) is 54.7 Å². The average molecular weight is 460 g/mol. The molecule has 1 aromatic carbocycles. The molecule has 0 spiro atoms. The maximum absolute atomic E-state index is 13.0. The van der Waals surface area contributed by atoms with Gasteiger partial charge in [-0.15, -0.1) is 0 Å². The predicted molar refractivity (Wildman–Crippen MR) is 130 cm³/mol. The van der Waals surface area contributed by atoms with Crippen molar-refractivity contribution in [3.8, 4) is 11.3 Å². The summed E-state index contributed by atoms with van der Waals surface area (Å²) in [7, 11) is 0. The number of carbonyl (C=O) groups excluding carboxylic acids is 1. The number of hydrogen-bond acceptors (Lipinski definition) is 4. The monoisotopic (exact) mass is 459 g/mol. The van der Waals surface area contributed by atoms with Crippen molar-refractivity contribution >= 4 is 28.5 Å². The average Bonchev–Trinajstić information content (AvgIpc) is 3.28. The number of carbonyl (C=O) groups is 1. The second-order valence-electron chi connectivity index (χ2n) is 8.80. The summed E-state index contributed by atoms with van der Waals surface area (Å²) in [6.45, 7) is 5.67. The summed E-state index contributed by atoms with van der Waals surface area (Å²) in [4.78, 5) is 28.9. The summed E-state index contributed by atoms with van der Waals surface area (Å²) in [5.74, 6) is 0.270. The number of pyridine rings is 2. The molecule has 6 nitrogen and oxygen atoms in total. The molecule has 1 aliphatic heterocycles. The van der Waals surface area contributed by atoms with Crippen molar-refractivity contribution in [1.29, 1.82) is 0 Å². The minimum Gasteiger partial charge on any atom is -0.339 e. The first kappa shape index (κ1) is 21.6. The molecule has 7 heteroatoms. The number of rotatable bonds is 4. The SMILES string of the molecule is CC(C)n1cnc2c(-c3cccnc3)nc(C3CCN(C(=O)c4ccccc4Cl)CC3)cc21. The highest BCUT2D eigenvalue weighted by molar-refractivity contribution is 6.33. The van der Waals surface area contributed by atoms with E-state index in [0.717, 1.165) is 40.8 Å². The standard InChI is InChI=1S/C26H26ClN5O/c1-17(2)32-16-29-25-23(32)14-22(30-24(25)19-6-5-11-28-15-19)18-9-12-31(13-10-18)26(33)20-7-3-4-8-21(20)27/h3-8,11,14-18H,9-10,12-13H2,1-2H3. The lowest BCUT2D eigenvalue weighted by Gasteiger charge is -2.32. The molecule has 168 valence electrons. The summed E-state index contributed by atoms with van der Waals surface area (Å²) in [5.41, 5.74) is 5.43. The molecule has 0 bridgehead atoms. The number of halogens is 1. The van der Waals surface area contributed by atoms with E-state index >= 15 is 0 Å². The van der Waals surface area contributed by atoms with E-state index < -0.39 is 0 Å². The molecule has 1 saturated heterocycles. The van der Waals surface area contributed by atoms with Gasteiger partial charge in [0.25, 0.3) is 5.91 Å². The van der Waals surface area contributed by atoms with Crippen LogP contribution in [0.15, 0.2) is 61.2 Å². The third-order valence-electron chi connectivity index (χ3n) is 6.38. The van der Waals surface area contributed by atoms with Crippen molar-refractivity contribution in [2.75, 3.05) is 13.1 Å². The van der Waals surface area contributed by atoms with Gasteiger partial charge in [0.1, 0.15) is 5.52 Å². The first-order valence-electron chi connectivity index (χ1n) is 11.3. The lowest BCUT2D eigenvalue weighted by atomic mass is 9.92. The van der Waals surface area contributed by atoms with Gasteiger partial charge < -0.3 is 9.47 Å². The van der Waals surface area contributed by atoms with Crippen LogP contribution >= 0.6 is 11.6 Å². The van der Waals surface area contributed by atoms with E-state index in [4.69, 9.17) is 16.6 Å². The normalized spacial score (nSPS) is 14.8. The van der Waals surface area contributed by atoms with Gasteiger partial charge in [-0.2, -0.15) is 0 Å². The number of amides is 1. The minimum atomic E-state index is -0.00334. The molecule has 0 atom stereocenters. The summed E-state index contributed by atoms with van der Waals surface area (Å²) >= 11 is 6.25. The van der Waals surface area contributed by atoms with Gasteiger partial charge in [-0.25, -0.2) is 4.98 Å². The molecule has 0 radical (unpaired) electrons. The number of aromatic nitrogens is 4. The van der Waals surface area contributed by atoms with Gasteiger partial charge in [0.2, 0.25) is 0 Å². The molecule has 0 aliphatic carbocycles. The second kappa shape index (κ2) is 8.94. The highest BCUT2D eigenvalue weighted by atomic mass is 35.5. The Balaban J connectivity index is 1.45. The quantitative estimate of drug-likeness (QED) is 0.390. The van der Waals surface area contributed by atoms with Crippen LogP contribution in [0.2, 0.25) is 5.02 Å². The smallest absolute Gasteiger partial charge is 0.255 e. The van der Waals surface area contributed by atoms with Crippen molar-refractivity contribution < 1.29 is 4.79 Å². The van der Waals surface area contributed by atoms with E-state index in [1.165, 1.54) is 0 Å². The fraction of sp³-hybridized carbons (Fsp3) is 0.308. The number of benzene rings is 1. The van der Waals surface area contributed by atoms with E-state index in [1.54, 1.807) is 18.3 Å². The third kappa shape index (κ3) is 4.11. The zero-order valence-electron chi connectivity index (χ0n) is 18.8. The van der Waals surface area contributed by atoms with Crippen LogP contribution in [0, 0.1) is 0 Å². The van der Waals surface area contributed by atoms with Crippen LogP contribution in [0.5, 0.6) is 0 Å². The fourth-order valence-electron chi connectivity index (χ4n) is 4.56. The number of imidazole rings is 1. The van der Waals surface area contributed by atoms with Gasteiger partial charge in [0.15, 0.2) is 0 Å². The molecule has 33 heavy (non-hydrogen) atoms. The van der Waals surface area contributed by atoms with Crippen LogP contribution in [0.25, 0.3) is 22.3 Å². The molecule has 0 saturated carbocycles. The number of likely N-dealkylation sites (tertiary alicyclic amines) is 1. The second-order valence-corrected chi connectivity index (χ2v) is 9.20. The van der Waals surface area contributed by atoms with Gasteiger partial charge in [0, 0.05) is 48.7 Å². The Morgan fingerprint density at radius 3 is 2.61 bits per heavy atom. The zero-order chi connectivity index (χ0) is 22.9. The largest absolute Gasteiger partial charge is 0.339 e. The molecule has 0 unspecified atom stereocenters.